The van der Waals surface area contributed by atoms with Crippen molar-refractivity contribution < 1.29 is 7.85 Å². The van der Waals surface area contributed by atoms with Crippen LogP contribution in [0.25, 0.3) is 10.9 Å². The zero-order valence-electron chi connectivity index (χ0n) is 8.66. The van der Waals surface area contributed by atoms with Gasteiger partial charge in [0.2, 0.25) is 0 Å². The Labute approximate surface area is 83.6 Å². The molecule has 0 radical (unpaired) electrons. The van der Waals surface area contributed by atoms with E-state index in [9.17, 15) is 5.11 Å². The molecule has 3 heteroatoms. The molecule has 1 heterocycles. The lowest BCUT2D eigenvalue weighted by Crippen LogP contribution is -1.87. The van der Waals surface area contributed by atoms with Crippen LogP contribution in [0.5, 0.6) is 0 Å². The van der Waals surface area contributed by atoms with Gasteiger partial charge in [-0.1, -0.05) is 23.7 Å². The number of aliphatic hydroxyl groups is 1. The van der Waals surface area contributed by atoms with Gasteiger partial charge < -0.3 is 5.11 Å². The van der Waals surface area contributed by atoms with Crippen molar-refractivity contribution in [2.24, 2.45) is 0 Å². The summed E-state index contributed by atoms with van der Waals surface area (Å²) >= 11 is 5.72. The lowest BCUT2D eigenvalue weighted by atomic mass is 10.1. The van der Waals surface area contributed by atoms with Gasteiger partial charge in [0, 0.05) is 5.39 Å². The van der Waals surface area contributed by atoms with E-state index in [2.05, 4.69) is 4.98 Å². The third kappa shape index (κ3) is 1.50. The zero-order chi connectivity index (χ0) is 11.1. The van der Waals surface area contributed by atoms with E-state index in [-0.39, 0.29) is 5.56 Å². The van der Waals surface area contributed by atoms with E-state index in [1.165, 1.54) is 6.07 Å². The molecule has 0 amide bonds. The molecule has 0 aliphatic heterocycles. The summed E-state index contributed by atoms with van der Waals surface area (Å²) in [5.41, 5.74) is 0.766. The second kappa shape index (κ2) is 3.32. The summed E-state index contributed by atoms with van der Waals surface area (Å²) in [5.74, 6) is 0. The zero-order valence-corrected chi connectivity index (χ0v) is 7.42. The van der Waals surface area contributed by atoms with Crippen molar-refractivity contribution in [1.82, 2.24) is 4.98 Å². The molecule has 0 bridgehead atoms. The molecule has 0 fully saturated rings. The second-order valence-corrected chi connectivity index (χ2v) is 3.01. The Kier molecular flexibility index (Phi) is 1.62. The third-order valence-corrected chi connectivity index (χ3v) is 2.03. The van der Waals surface area contributed by atoms with Gasteiger partial charge in [0.15, 0.2) is 0 Å². The first-order chi connectivity index (χ1) is 6.98. The van der Waals surface area contributed by atoms with Gasteiger partial charge in [0.25, 0.3) is 0 Å². The van der Waals surface area contributed by atoms with Gasteiger partial charge in [-0.05, 0) is 23.8 Å². The van der Waals surface area contributed by atoms with Crippen molar-refractivity contribution in [2.75, 3.05) is 0 Å². The highest BCUT2D eigenvalue weighted by atomic mass is 35.5. The highest BCUT2D eigenvalue weighted by Crippen LogP contribution is 2.19. The molecule has 66 valence electrons. The Hall–Kier alpha value is -1.12. The first-order valence-corrected chi connectivity index (χ1v) is 4.14. The van der Waals surface area contributed by atoms with Crippen LogP contribution in [0.4, 0.5) is 0 Å². The van der Waals surface area contributed by atoms with Crippen molar-refractivity contribution in [2.45, 2.75) is 6.56 Å². The molecule has 0 spiro atoms. The molecule has 1 aromatic carbocycles. The summed E-state index contributed by atoms with van der Waals surface area (Å²) in [6, 6.07) is 8.09. The van der Waals surface area contributed by atoms with E-state index in [4.69, 9.17) is 14.3 Å². The van der Waals surface area contributed by atoms with E-state index in [0.717, 1.165) is 0 Å². The van der Waals surface area contributed by atoms with E-state index < -0.39 is 6.56 Å². The molecular formula is C10H8ClNO. The average molecular weight is 196 g/mol. The molecule has 13 heavy (non-hydrogen) atoms. The fourth-order valence-corrected chi connectivity index (χ4v) is 1.38. The fourth-order valence-electron chi connectivity index (χ4n) is 1.23. The Morgan fingerprint density at radius 2 is 2.23 bits per heavy atom. The number of aromatic nitrogens is 1. The summed E-state index contributed by atoms with van der Waals surface area (Å²) in [5, 5.41) is 10.2. The van der Waals surface area contributed by atoms with Crippen molar-refractivity contribution >= 4 is 22.5 Å². The maximum atomic E-state index is 9.33. The fraction of sp³-hybridized carbons (Fsp3) is 0.100. The van der Waals surface area contributed by atoms with Crippen LogP contribution < -0.4 is 0 Å². The molecule has 1 N–H and O–H groups in total. The van der Waals surface area contributed by atoms with Gasteiger partial charge in [0.1, 0.15) is 5.15 Å². The molecule has 2 rings (SSSR count). The predicted octanol–water partition coefficient (Wildman–Crippen LogP) is 2.38. The number of halogens is 1. The van der Waals surface area contributed by atoms with Gasteiger partial charge in [-0.3, -0.25) is 0 Å². The van der Waals surface area contributed by atoms with Crippen LogP contribution in [-0.4, -0.2) is 10.1 Å². The van der Waals surface area contributed by atoms with Crippen LogP contribution in [0.1, 0.15) is 8.30 Å². The molecule has 1 aromatic heterocycles. The van der Waals surface area contributed by atoms with E-state index in [1.807, 2.05) is 0 Å². The average Bonchev–Trinajstić information content (AvgIpc) is 2.15. The van der Waals surface area contributed by atoms with Crippen molar-refractivity contribution in [3.63, 3.8) is 0 Å². The molecule has 2 aromatic rings. The van der Waals surface area contributed by atoms with Gasteiger partial charge in [-0.25, -0.2) is 4.98 Å². The predicted molar refractivity (Wildman–Crippen MR) is 52.7 cm³/mol. The van der Waals surface area contributed by atoms with Crippen LogP contribution >= 0.6 is 11.6 Å². The number of benzene rings is 1. The number of rotatable bonds is 1. The van der Waals surface area contributed by atoms with Crippen LogP contribution in [0, 0.1) is 0 Å². The number of pyridine rings is 1. The summed E-state index contributed by atoms with van der Waals surface area (Å²) in [4.78, 5) is 4.04. The minimum absolute atomic E-state index is 0.198. The highest BCUT2D eigenvalue weighted by molar-refractivity contribution is 6.29. The first kappa shape index (κ1) is 6.35. The molecule has 0 saturated carbocycles. The Morgan fingerprint density at radius 1 is 1.38 bits per heavy atom. The van der Waals surface area contributed by atoms with Gasteiger partial charge in [-0.15, -0.1) is 0 Å². The van der Waals surface area contributed by atoms with Crippen molar-refractivity contribution in [3.8, 4) is 0 Å². The maximum Gasteiger partial charge on any atom is 0.129 e. The summed E-state index contributed by atoms with van der Waals surface area (Å²) in [6.45, 7) is -2.37. The molecule has 0 atom stereocenters. The monoisotopic (exact) mass is 195 g/mol. The Morgan fingerprint density at radius 3 is 3.00 bits per heavy atom. The second-order valence-electron chi connectivity index (χ2n) is 2.62. The summed E-state index contributed by atoms with van der Waals surface area (Å²) in [7, 11) is 0. The lowest BCUT2D eigenvalue weighted by molar-refractivity contribution is 0.283. The largest absolute Gasteiger partial charge is 0.392 e. The van der Waals surface area contributed by atoms with Crippen LogP contribution in [0.15, 0.2) is 30.3 Å². The third-order valence-electron chi connectivity index (χ3n) is 1.82. The minimum Gasteiger partial charge on any atom is -0.392 e. The summed E-state index contributed by atoms with van der Waals surface area (Å²) in [6.07, 6.45) is 0. The smallest absolute Gasteiger partial charge is 0.129 e. The van der Waals surface area contributed by atoms with E-state index in [0.29, 0.717) is 16.1 Å². The quantitative estimate of drug-likeness (QED) is 0.709. The molecular weight excluding hydrogens is 186 g/mol. The topological polar surface area (TPSA) is 33.1 Å². The molecule has 0 aliphatic carbocycles. The van der Waals surface area contributed by atoms with Crippen LogP contribution in [-0.2, 0) is 6.56 Å². The number of hydrogen-bond acceptors (Lipinski definition) is 2. The van der Waals surface area contributed by atoms with Crippen LogP contribution in [0.3, 0.4) is 0 Å². The summed E-state index contributed by atoms with van der Waals surface area (Å²) < 4.78 is 14.5. The van der Waals surface area contributed by atoms with Crippen LogP contribution in [0.2, 0.25) is 5.15 Å². The number of nitrogens with zero attached hydrogens (tertiary/aromatic N) is 1. The normalized spacial score (nSPS) is 14.0. The van der Waals surface area contributed by atoms with Gasteiger partial charge >= 0.3 is 0 Å². The van der Waals surface area contributed by atoms with Gasteiger partial charge in [-0.2, -0.15) is 0 Å². The Balaban J connectivity index is 2.77. The maximum absolute atomic E-state index is 9.33. The van der Waals surface area contributed by atoms with Gasteiger partial charge in [0.05, 0.1) is 14.8 Å². The van der Waals surface area contributed by atoms with E-state index >= 15 is 0 Å². The van der Waals surface area contributed by atoms with Crippen molar-refractivity contribution in [1.29, 1.82) is 0 Å². The first-order valence-electron chi connectivity index (χ1n) is 4.76. The highest BCUT2D eigenvalue weighted by Gasteiger charge is 2.00. The Bertz CT molecular complexity index is 510. The molecule has 2 nitrogen and oxygen atoms in total. The lowest BCUT2D eigenvalue weighted by Gasteiger charge is -2.02. The number of fused-ring (bicyclic) bond motifs is 1. The molecule has 0 unspecified atom stereocenters. The standard InChI is InChI=1S/C10H8ClNO/c11-10-5-4-8-7(6-13)2-1-3-9(8)12-10/h1-5,13H,6H2/i6D2. The number of hydrogen-bond donors (Lipinski definition) is 1. The molecule has 0 saturated heterocycles. The molecule has 0 aliphatic rings. The SMILES string of the molecule is [2H]C([2H])(O)c1cccc2nc(Cl)ccc12. The minimum atomic E-state index is -2.37. The van der Waals surface area contributed by atoms with Crippen molar-refractivity contribution in [3.05, 3.63) is 41.0 Å². The van der Waals surface area contributed by atoms with E-state index in [1.54, 1.807) is 24.3 Å².